The molecule has 0 spiro atoms. The van der Waals surface area contributed by atoms with Crippen LogP contribution >= 0.6 is 0 Å². The smallest absolute Gasteiger partial charge is 0.220 e. The van der Waals surface area contributed by atoms with E-state index in [0.717, 1.165) is 53.8 Å². The van der Waals surface area contributed by atoms with Gasteiger partial charge in [0.2, 0.25) is 5.91 Å². The zero-order valence-corrected chi connectivity index (χ0v) is 14.1. The topological polar surface area (TPSA) is 88.4 Å². The first-order chi connectivity index (χ1) is 11.5. The lowest BCUT2D eigenvalue weighted by molar-refractivity contribution is -0.123. The fourth-order valence-electron chi connectivity index (χ4n) is 3.45. The summed E-state index contributed by atoms with van der Waals surface area (Å²) in [6, 6.07) is 5.70. The molecule has 0 unspecified atom stereocenters. The van der Waals surface area contributed by atoms with Crippen LogP contribution in [0.4, 0.5) is 0 Å². The van der Waals surface area contributed by atoms with Gasteiger partial charge in [0.15, 0.2) is 5.78 Å². The Kier molecular flexibility index (Phi) is 4.57. The third-order valence-electron chi connectivity index (χ3n) is 4.83. The summed E-state index contributed by atoms with van der Waals surface area (Å²) in [6.07, 6.45) is 1.45. The molecule has 3 N–H and O–H groups in total. The Balaban J connectivity index is 1.77. The maximum Gasteiger partial charge on any atom is 0.220 e. The fourth-order valence-corrected chi connectivity index (χ4v) is 3.45. The maximum absolute atomic E-state index is 12.8. The van der Waals surface area contributed by atoms with Gasteiger partial charge in [-0.2, -0.15) is 0 Å². The van der Waals surface area contributed by atoms with Crippen LogP contribution in [-0.4, -0.2) is 48.3 Å². The number of nitrogens with two attached hydrogens (primary N) is 1. The van der Waals surface area contributed by atoms with Gasteiger partial charge in [0.25, 0.3) is 0 Å². The van der Waals surface area contributed by atoms with E-state index in [4.69, 9.17) is 10.5 Å². The standard InChI is InChI=1S/C18H23N3O3/c1-11-17(14-9-13(24-2)3-4-15(14)20-11)16(22)10-21-7-5-12(6-8-21)18(19)23/h3-4,9,12,20H,5-8,10H2,1-2H3,(H2,19,23). The number of nitrogens with one attached hydrogen (secondary N) is 1. The van der Waals surface area contributed by atoms with Crippen molar-refractivity contribution in [3.63, 3.8) is 0 Å². The van der Waals surface area contributed by atoms with Crippen molar-refractivity contribution in [3.05, 3.63) is 29.5 Å². The Morgan fingerprint density at radius 3 is 2.67 bits per heavy atom. The van der Waals surface area contributed by atoms with Crippen molar-refractivity contribution in [1.82, 2.24) is 9.88 Å². The number of carbonyl (C=O) groups excluding carboxylic acids is 2. The lowest BCUT2D eigenvalue weighted by Gasteiger charge is -2.29. The maximum atomic E-state index is 12.8. The van der Waals surface area contributed by atoms with Crippen molar-refractivity contribution < 1.29 is 14.3 Å². The number of ketones is 1. The molecule has 1 amide bonds. The van der Waals surface area contributed by atoms with Gasteiger partial charge in [-0.1, -0.05) is 0 Å². The Morgan fingerprint density at radius 1 is 1.33 bits per heavy atom. The highest BCUT2D eigenvalue weighted by molar-refractivity contribution is 6.10. The summed E-state index contributed by atoms with van der Waals surface area (Å²) >= 11 is 0. The van der Waals surface area contributed by atoms with Gasteiger partial charge < -0.3 is 15.5 Å². The van der Waals surface area contributed by atoms with Gasteiger partial charge in [0.05, 0.1) is 13.7 Å². The molecule has 0 atom stereocenters. The number of hydrogen-bond acceptors (Lipinski definition) is 4. The predicted octanol–water partition coefficient (Wildman–Crippen LogP) is 1.86. The highest BCUT2D eigenvalue weighted by Crippen LogP contribution is 2.27. The number of amides is 1. The molecule has 6 nitrogen and oxygen atoms in total. The molecule has 1 saturated heterocycles. The van der Waals surface area contributed by atoms with Crippen molar-refractivity contribution in [1.29, 1.82) is 0 Å². The number of aromatic nitrogens is 1. The summed E-state index contributed by atoms with van der Waals surface area (Å²) in [5.41, 5.74) is 7.89. The largest absolute Gasteiger partial charge is 0.497 e. The molecule has 1 aliphatic heterocycles. The first-order valence-electron chi connectivity index (χ1n) is 8.20. The van der Waals surface area contributed by atoms with Gasteiger partial charge in [0, 0.05) is 28.1 Å². The molecule has 0 aliphatic carbocycles. The van der Waals surface area contributed by atoms with E-state index in [0.29, 0.717) is 6.54 Å². The number of Topliss-reactive ketones (excluding diaryl/α,β-unsaturated/α-hetero) is 1. The third-order valence-corrected chi connectivity index (χ3v) is 4.83. The minimum Gasteiger partial charge on any atom is -0.497 e. The normalized spacial score (nSPS) is 16.4. The van der Waals surface area contributed by atoms with E-state index >= 15 is 0 Å². The van der Waals surface area contributed by atoms with E-state index in [-0.39, 0.29) is 17.6 Å². The second kappa shape index (κ2) is 6.65. The van der Waals surface area contributed by atoms with Crippen LogP contribution in [0.25, 0.3) is 10.9 Å². The predicted molar refractivity (Wildman–Crippen MR) is 92.3 cm³/mol. The number of likely N-dealkylation sites (tertiary alicyclic amines) is 1. The number of H-pyrrole nitrogens is 1. The first kappa shape index (κ1) is 16.5. The number of rotatable bonds is 5. The number of aryl methyl sites for hydroxylation is 1. The molecule has 1 aliphatic rings. The van der Waals surface area contributed by atoms with Crippen LogP contribution in [0.15, 0.2) is 18.2 Å². The van der Waals surface area contributed by atoms with E-state index in [1.54, 1.807) is 7.11 Å². The number of benzene rings is 1. The van der Waals surface area contributed by atoms with Crippen LogP contribution < -0.4 is 10.5 Å². The molecule has 0 saturated carbocycles. The Morgan fingerprint density at radius 2 is 2.04 bits per heavy atom. The number of carbonyl (C=O) groups is 2. The summed E-state index contributed by atoms with van der Waals surface area (Å²) in [7, 11) is 1.62. The second-order valence-corrected chi connectivity index (χ2v) is 6.41. The number of methoxy groups -OCH3 is 1. The average molecular weight is 329 g/mol. The average Bonchev–Trinajstić information content (AvgIpc) is 2.90. The molecule has 128 valence electrons. The molecule has 3 rings (SSSR count). The van der Waals surface area contributed by atoms with E-state index in [1.807, 2.05) is 25.1 Å². The van der Waals surface area contributed by atoms with Crippen LogP contribution in [0.3, 0.4) is 0 Å². The Bertz CT molecular complexity index is 773. The van der Waals surface area contributed by atoms with Gasteiger partial charge in [-0.25, -0.2) is 0 Å². The molecule has 0 radical (unpaired) electrons. The number of aromatic amines is 1. The first-order valence-corrected chi connectivity index (χ1v) is 8.20. The van der Waals surface area contributed by atoms with Crippen LogP contribution in [0.1, 0.15) is 28.9 Å². The Hall–Kier alpha value is -2.34. The minimum atomic E-state index is -0.236. The molecule has 1 aromatic heterocycles. The number of piperidine rings is 1. The third kappa shape index (κ3) is 3.14. The van der Waals surface area contributed by atoms with E-state index in [2.05, 4.69) is 9.88 Å². The molecule has 24 heavy (non-hydrogen) atoms. The van der Waals surface area contributed by atoms with Crippen LogP contribution in [-0.2, 0) is 4.79 Å². The molecular formula is C18H23N3O3. The van der Waals surface area contributed by atoms with Crippen LogP contribution in [0.2, 0.25) is 0 Å². The van der Waals surface area contributed by atoms with E-state index < -0.39 is 0 Å². The lowest BCUT2D eigenvalue weighted by Crippen LogP contribution is -2.40. The molecule has 2 aromatic rings. The van der Waals surface area contributed by atoms with Crippen LogP contribution in [0, 0.1) is 12.8 Å². The van der Waals surface area contributed by atoms with Crippen molar-refractivity contribution in [2.24, 2.45) is 11.7 Å². The second-order valence-electron chi connectivity index (χ2n) is 6.41. The summed E-state index contributed by atoms with van der Waals surface area (Å²) in [5, 5.41) is 0.892. The Labute approximate surface area is 141 Å². The molecule has 2 heterocycles. The zero-order chi connectivity index (χ0) is 17.3. The van der Waals surface area contributed by atoms with Crippen molar-refractivity contribution in [2.75, 3.05) is 26.7 Å². The highest BCUT2D eigenvalue weighted by atomic mass is 16.5. The van der Waals surface area contributed by atoms with Crippen LogP contribution in [0.5, 0.6) is 5.75 Å². The molecule has 1 fully saturated rings. The van der Waals surface area contributed by atoms with Crippen molar-refractivity contribution >= 4 is 22.6 Å². The lowest BCUT2D eigenvalue weighted by atomic mass is 9.96. The fraction of sp³-hybridized carbons (Fsp3) is 0.444. The van der Waals surface area contributed by atoms with Gasteiger partial charge in [-0.15, -0.1) is 0 Å². The number of hydrogen-bond donors (Lipinski definition) is 2. The zero-order valence-electron chi connectivity index (χ0n) is 14.1. The molecule has 6 heteroatoms. The van der Waals surface area contributed by atoms with Gasteiger partial charge in [0.1, 0.15) is 5.75 Å². The minimum absolute atomic E-state index is 0.0598. The quantitative estimate of drug-likeness (QED) is 0.820. The van der Waals surface area contributed by atoms with Crippen molar-refractivity contribution in [3.8, 4) is 5.75 Å². The summed E-state index contributed by atoms with van der Waals surface area (Å²) in [6.45, 7) is 3.73. The number of primary amides is 1. The molecule has 1 aromatic carbocycles. The highest BCUT2D eigenvalue weighted by Gasteiger charge is 2.25. The molecule has 0 bridgehead atoms. The number of nitrogens with zero attached hydrogens (tertiary/aromatic N) is 1. The van der Waals surface area contributed by atoms with Crippen molar-refractivity contribution in [2.45, 2.75) is 19.8 Å². The molecular weight excluding hydrogens is 306 g/mol. The van der Waals surface area contributed by atoms with E-state index in [1.165, 1.54) is 0 Å². The SMILES string of the molecule is COc1ccc2[nH]c(C)c(C(=O)CN3CCC(C(N)=O)CC3)c2c1. The number of ether oxygens (including phenoxy) is 1. The summed E-state index contributed by atoms with van der Waals surface area (Å²) < 4.78 is 5.27. The van der Waals surface area contributed by atoms with Gasteiger partial charge >= 0.3 is 0 Å². The summed E-state index contributed by atoms with van der Waals surface area (Å²) in [4.78, 5) is 29.4. The number of fused-ring (bicyclic) bond motifs is 1. The summed E-state index contributed by atoms with van der Waals surface area (Å²) in [5.74, 6) is 0.526. The van der Waals surface area contributed by atoms with Gasteiger partial charge in [-0.05, 0) is 51.1 Å². The van der Waals surface area contributed by atoms with E-state index in [9.17, 15) is 9.59 Å². The van der Waals surface area contributed by atoms with Gasteiger partial charge in [-0.3, -0.25) is 14.5 Å². The monoisotopic (exact) mass is 329 g/mol.